The number of aromatic nitrogens is 3. The van der Waals surface area contributed by atoms with E-state index in [1.807, 2.05) is 12.1 Å². The lowest BCUT2D eigenvalue weighted by atomic mass is 10.1. The van der Waals surface area contributed by atoms with Gasteiger partial charge < -0.3 is 25.0 Å². The number of para-hydroxylation sites is 1. The summed E-state index contributed by atoms with van der Waals surface area (Å²) in [5.41, 5.74) is 1.62. The second kappa shape index (κ2) is 10.2. The Morgan fingerprint density at radius 3 is 2.82 bits per heavy atom. The smallest absolute Gasteiger partial charge is 0.252 e. The first-order valence-corrected chi connectivity index (χ1v) is 10.7. The summed E-state index contributed by atoms with van der Waals surface area (Å²) < 4.78 is 20.3. The maximum Gasteiger partial charge on any atom is 0.252 e. The maximum absolute atomic E-state index is 13.3. The predicted octanol–water partition coefficient (Wildman–Crippen LogP) is 4.49. The van der Waals surface area contributed by atoms with Crippen molar-refractivity contribution < 1.29 is 19.0 Å². The normalized spacial score (nSPS) is 10.7. The van der Waals surface area contributed by atoms with Crippen LogP contribution in [0.25, 0.3) is 5.82 Å². The summed E-state index contributed by atoms with van der Waals surface area (Å²) in [5, 5.41) is 15.8. The van der Waals surface area contributed by atoms with E-state index < -0.39 is 5.82 Å². The number of phenols is 1. The van der Waals surface area contributed by atoms with Crippen molar-refractivity contribution >= 4 is 29.1 Å². The number of halogens is 2. The van der Waals surface area contributed by atoms with Crippen LogP contribution in [-0.2, 0) is 6.42 Å². The van der Waals surface area contributed by atoms with Gasteiger partial charge in [-0.15, -0.1) is 0 Å². The minimum atomic E-state index is -0.453. The van der Waals surface area contributed by atoms with Crippen LogP contribution in [0.15, 0.2) is 67.1 Å². The number of carbonyl (C=O) groups is 1. The molecular formula is C24H21ClFN5O3. The third kappa shape index (κ3) is 5.26. The Morgan fingerprint density at radius 2 is 2.06 bits per heavy atom. The van der Waals surface area contributed by atoms with Crippen LogP contribution < -0.4 is 15.4 Å². The second-order valence-electron chi connectivity index (χ2n) is 7.28. The van der Waals surface area contributed by atoms with Crippen molar-refractivity contribution in [3.8, 4) is 17.3 Å². The fourth-order valence-electron chi connectivity index (χ4n) is 3.26. The molecule has 10 heteroatoms. The van der Waals surface area contributed by atoms with Gasteiger partial charge in [-0.2, -0.15) is 4.98 Å². The molecule has 34 heavy (non-hydrogen) atoms. The number of phenolic OH excluding ortho intramolecular Hbond substituents is 1. The van der Waals surface area contributed by atoms with Gasteiger partial charge in [-0.3, -0.25) is 4.79 Å². The molecule has 0 aliphatic heterocycles. The van der Waals surface area contributed by atoms with Crippen LogP contribution in [0.3, 0.4) is 0 Å². The van der Waals surface area contributed by atoms with E-state index in [9.17, 15) is 14.3 Å². The van der Waals surface area contributed by atoms with Crippen molar-refractivity contribution in [2.24, 2.45) is 0 Å². The number of nitrogens with zero attached hydrogens (tertiary/aromatic N) is 3. The standard InChI is InChI=1S/C24H21ClFN5O3/c1-34-21-13-28-24(29-19-7-6-17(26)12-18(19)25)30-22(21)31-11-9-16(14-31)23(33)27-10-8-15-4-2-3-5-20(15)32/h2-7,9,11-14,32H,8,10H2,1H3,(H,27,33)(H,28,29,30). The zero-order chi connectivity index (χ0) is 24.1. The largest absolute Gasteiger partial charge is 0.508 e. The molecule has 2 aromatic heterocycles. The molecule has 8 nitrogen and oxygen atoms in total. The zero-order valence-electron chi connectivity index (χ0n) is 18.1. The fourth-order valence-corrected chi connectivity index (χ4v) is 3.47. The summed E-state index contributed by atoms with van der Waals surface area (Å²) in [6.45, 7) is 0.366. The highest BCUT2D eigenvalue weighted by molar-refractivity contribution is 6.33. The van der Waals surface area contributed by atoms with Gasteiger partial charge in [-0.1, -0.05) is 29.8 Å². The molecule has 4 rings (SSSR count). The number of anilines is 2. The number of hydrogen-bond acceptors (Lipinski definition) is 6. The van der Waals surface area contributed by atoms with Gasteiger partial charge in [0.25, 0.3) is 5.91 Å². The molecule has 3 N–H and O–H groups in total. The van der Waals surface area contributed by atoms with Crippen LogP contribution in [0.2, 0.25) is 5.02 Å². The number of aromatic hydroxyl groups is 1. The molecule has 0 saturated carbocycles. The monoisotopic (exact) mass is 481 g/mol. The van der Waals surface area contributed by atoms with Crippen molar-refractivity contribution in [1.29, 1.82) is 0 Å². The molecule has 1 amide bonds. The highest BCUT2D eigenvalue weighted by Gasteiger charge is 2.14. The minimum Gasteiger partial charge on any atom is -0.508 e. The Bertz CT molecular complexity index is 1330. The van der Waals surface area contributed by atoms with E-state index in [0.717, 1.165) is 5.56 Å². The summed E-state index contributed by atoms with van der Waals surface area (Å²) in [5.74, 6) is 0.477. The van der Waals surface area contributed by atoms with E-state index in [-0.39, 0.29) is 22.6 Å². The van der Waals surface area contributed by atoms with Crippen LogP contribution in [0.4, 0.5) is 16.0 Å². The SMILES string of the molecule is COc1cnc(Nc2ccc(F)cc2Cl)nc1-n1ccc(C(=O)NCCc2ccccc2O)c1. The minimum absolute atomic E-state index is 0.185. The van der Waals surface area contributed by atoms with Crippen LogP contribution in [-0.4, -0.2) is 39.2 Å². The number of amides is 1. The Morgan fingerprint density at radius 1 is 1.24 bits per heavy atom. The first-order chi connectivity index (χ1) is 16.4. The van der Waals surface area contributed by atoms with Gasteiger partial charge in [-0.25, -0.2) is 9.37 Å². The topological polar surface area (TPSA) is 101 Å². The molecule has 0 fully saturated rings. The summed E-state index contributed by atoms with van der Waals surface area (Å²) in [6, 6.07) is 12.6. The molecule has 0 radical (unpaired) electrons. The Labute approximate surface area is 200 Å². The Kier molecular flexibility index (Phi) is 6.93. The zero-order valence-corrected chi connectivity index (χ0v) is 18.9. The van der Waals surface area contributed by atoms with E-state index in [1.165, 1.54) is 31.5 Å². The molecule has 174 valence electrons. The molecule has 0 bridgehead atoms. The molecule has 0 saturated heterocycles. The number of rotatable bonds is 8. The van der Waals surface area contributed by atoms with Crippen LogP contribution in [0, 0.1) is 5.82 Å². The molecular weight excluding hydrogens is 461 g/mol. The lowest BCUT2D eigenvalue weighted by Crippen LogP contribution is -2.25. The van der Waals surface area contributed by atoms with Gasteiger partial charge in [0.1, 0.15) is 11.6 Å². The van der Waals surface area contributed by atoms with E-state index in [1.54, 1.807) is 35.2 Å². The first-order valence-electron chi connectivity index (χ1n) is 10.3. The average molecular weight is 482 g/mol. The quantitative estimate of drug-likeness (QED) is 0.343. The summed E-state index contributed by atoms with van der Waals surface area (Å²) >= 11 is 6.08. The molecule has 0 aliphatic rings. The Hall–Kier alpha value is -4.11. The predicted molar refractivity (Wildman–Crippen MR) is 127 cm³/mol. The van der Waals surface area contributed by atoms with Crippen LogP contribution >= 0.6 is 11.6 Å². The first kappa shape index (κ1) is 23.1. The van der Waals surface area contributed by atoms with Gasteiger partial charge >= 0.3 is 0 Å². The van der Waals surface area contributed by atoms with Crippen molar-refractivity contribution in [3.63, 3.8) is 0 Å². The fraction of sp³-hybridized carbons (Fsp3) is 0.125. The highest BCUT2D eigenvalue weighted by Crippen LogP contribution is 2.27. The summed E-state index contributed by atoms with van der Waals surface area (Å²) in [7, 11) is 1.49. The van der Waals surface area contributed by atoms with Gasteiger partial charge in [0.05, 0.1) is 29.6 Å². The number of ether oxygens (including phenoxy) is 1. The number of benzene rings is 2. The molecule has 0 aliphatic carbocycles. The van der Waals surface area contributed by atoms with Gasteiger partial charge in [0, 0.05) is 18.9 Å². The molecule has 2 heterocycles. The van der Waals surface area contributed by atoms with Gasteiger partial charge in [0.2, 0.25) is 5.95 Å². The number of nitrogens with one attached hydrogen (secondary N) is 2. The van der Waals surface area contributed by atoms with Crippen LogP contribution in [0.1, 0.15) is 15.9 Å². The molecule has 4 aromatic rings. The molecule has 0 unspecified atom stereocenters. The van der Waals surface area contributed by atoms with E-state index in [0.29, 0.717) is 35.8 Å². The highest BCUT2D eigenvalue weighted by atomic mass is 35.5. The average Bonchev–Trinajstić information content (AvgIpc) is 3.32. The third-order valence-corrected chi connectivity index (χ3v) is 5.32. The lowest BCUT2D eigenvalue weighted by Gasteiger charge is -2.12. The van der Waals surface area contributed by atoms with Crippen molar-refractivity contribution in [3.05, 3.63) is 89.1 Å². The molecule has 0 atom stereocenters. The summed E-state index contributed by atoms with van der Waals surface area (Å²) in [4.78, 5) is 21.2. The third-order valence-electron chi connectivity index (χ3n) is 5.00. The number of carbonyl (C=O) groups excluding carboxylic acids is 1. The van der Waals surface area contributed by atoms with E-state index >= 15 is 0 Å². The van der Waals surface area contributed by atoms with Crippen molar-refractivity contribution in [1.82, 2.24) is 19.9 Å². The van der Waals surface area contributed by atoms with Gasteiger partial charge in [-0.05, 0) is 42.3 Å². The maximum atomic E-state index is 13.3. The number of hydrogen-bond donors (Lipinski definition) is 3. The lowest BCUT2D eigenvalue weighted by molar-refractivity contribution is 0.0954. The van der Waals surface area contributed by atoms with Crippen molar-refractivity contribution in [2.75, 3.05) is 19.0 Å². The van der Waals surface area contributed by atoms with E-state index in [2.05, 4.69) is 20.6 Å². The molecule has 0 spiro atoms. The van der Waals surface area contributed by atoms with Crippen molar-refractivity contribution in [2.45, 2.75) is 6.42 Å². The van der Waals surface area contributed by atoms with Gasteiger partial charge in [0.15, 0.2) is 11.6 Å². The number of methoxy groups -OCH3 is 1. The molecule has 2 aromatic carbocycles. The summed E-state index contributed by atoms with van der Waals surface area (Å²) in [6.07, 6.45) is 5.28. The van der Waals surface area contributed by atoms with Crippen LogP contribution in [0.5, 0.6) is 11.5 Å². The second-order valence-corrected chi connectivity index (χ2v) is 7.68. The van der Waals surface area contributed by atoms with E-state index in [4.69, 9.17) is 16.3 Å². The Balaban J connectivity index is 1.48.